The molecule has 2 heterocycles. The predicted octanol–water partition coefficient (Wildman–Crippen LogP) is 3.72. The van der Waals surface area contributed by atoms with Crippen molar-refractivity contribution in [3.05, 3.63) is 71.9 Å². The lowest BCUT2D eigenvalue weighted by atomic mass is 10.0. The summed E-state index contributed by atoms with van der Waals surface area (Å²) in [5.74, 6) is 0.372. The highest BCUT2D eigenvalue weighted by Crippen LogP contribution is 2.24. The summed E-state index contributed by atoms with van der Waals surface area (Å²) in [6.07, 6.45) is 1.83. The van der Waals surface area contributed by atoms with E-state index in [0.717, 1.165) is 44.1 Å². The van der Waals surface area contributed by atoms with Crippen LogP contribution < -0.4 is 5.32 Å². The molecule has 1 amide bonds. The van der Waals surface area contributed by atoms with E-state index in [-0.39, 0.29) is 5.91 Å². The van der Waals surface area contributed by atoms with E-state index in [1.165, 1.54) is 5.56 Å². The zero-order valence-corrected chi connectivity index (χ0v) is 18.3. The van der Waals surface area contributed by atoms with Gasteiger partial charge in [-0.25, -0.2) is 4.68 Å². The Morgan fingerprint density at radius 1 is 1.06 bits per heavy atom. The molecule has 162 valence electrons. The first-order chi connectivity index (χ1) is 15.1. The second-order valence-electron chi connectivity index (χ2n) is 8.16. The lowest BCUT2D eigenvalue weighted by Gasteiger charge is -2.26. The first-order valence-electron chi connectivity index (χ1n) is 11.0. The van der Waals surface area contributed by atoms with E-state index >= 15 is 0 Å². The molecule has 0 aliphatic carbocycles. The van der Waals surface area contributed by atoms with Crippen LogP contribution >= 0.6 is 0 Å². The number of amides is 1. The monoisotopic (exact) mass is 418 g/mol. The highest BCUT2D eigenvalue weighted by atomic mass is 16.5. The summed E-state index contributed by atoms with van der Waals surface area (Å²) in [4.78, 5) is 15.4. The number of rotatable bonds is 7. The Bertz CT molecular complexity index is 990. The van der Waals surface area contributed by atoms with E-state index in [1.807, 2.05) is 36.5 Å². The lowest BCUT2D eigenvalue weighted by molar-refractivity contribution is 0.0383. The summed E-state index contributed by atoms with van der Waals surface area (Å²) >= 11 is 0. The van der Waals surface area contributed by atoms with Crippen LogP contribution in [-0.4, -0.2) is 60.0 Å². The zero-order valence-electron chi connectivity index (χ0n) is 18.3. The van der Waals surface area contributed by atoms with Crippen LogP contribution in [0.4, 0.5) is 0 Å². The number of carbonyl (C=O) groups excluding carboxylic acids is 1. The molecule has 0 atom stereocenters. The Morgan fingerprint density at radius 3 is 2.45 bits per heavy atom. The average Bonchev–Trinajstić information content (AvgIpc) is 3.26. The third-order valence-electron chi connectivity index (χ3n) is 5.65. The van der Waals surface area contributed by atoms with Crippen LogP contribution in [0.15, 0.2) is 60.8 Å². The summed E-state index contributed by atoms with van der Waals surface area (Å²) in [7, 11) is 0. The molecular formula is C25H30N4O2. The number of carbonyl (C=O) groups is 1. The number of nitrogens with one attached hydrogen (secondary N) is 1. The standard InChI is InChI=1S/C25H30N4O2/c1-19(2)20-8-10-22(11-9-20)29-18-23(24(27-29)21-6-4-3-5-7-21)25(30)26-12-13-28-14-16-31-17-15-28/h3-11,18-19H,12-17H2,1-2H3,(H,26,30). The smallest absolute Gasteiger partial charge is 0.255 e. The highest BCUT2D eigenvalue weighted by molar-refractivity contribution is 5.99. The number of benzene rings is 2. The minimum absolute atomic E-state index is 0.0998. The maximum absolute atomic E-state index is 13.1. The molecule has 0 bridgehead atoms. The summed E-state index contributed by atoms with van der Waals surface area (Å²) in [6, 6.07) is 18.2. The lowest BCUT2D eigenvalue weighted by Crippen LogP contribution is -2.41. The van der Waals surface area contributed by atoms with Gasteiger partial charge in [0.15, 0.2) is 0 Å². The molecule has 31 heavy (non-hydrogen) atoms. The van der Waals surface area contributed by atoms with Crippen LogP contribution in [0, 0.1) is 0 Å². The molecule has 3 aromatic rings. The number of morpholine rings is 1. The van der Waals surface area contributed by atoms with Crippen LogP contribution in [0.1, 0.15) is 35.7 Å². The zero-order chi connectivity index (χ0) is 21.6. The van der Waals surface area contributed by atoms with Crippen molar-refractivity contribution >= 4 is 5.91 Å². The number of nitrogens with zero attached hydrogens (tertiary/aromatic N) is 3. The van der Waals surface area contributed by atoms with Crippen LogP contribution in [0.3, 0.4) is 0 Å². The van der Waals surface area contributed by atoms with Gasteiger partial charge in [0.1, 0.15) is 5.69 Å². The molecule has 4 rings (SSSR count). The third-order valence-corrected chi connectivity index (χ3v) is 5.65. The van der Waals surface area contributed by atoms with Crippen LogP contribution in [-0.2, 0) is 4.74 Å². The second-order valence-corrected chi connectivity index (χ2v) is 8.16. The molecular weight excluding hydrogens is 388 g/mol. The second kappa shape index (κ2) is 9.90. The molecule has 0 unspecified atom stereocenters. The molecule has 6 heteroatoms. The summed E-state index contributed by atoms with van der Waals surface area (Å²) < 4.78 is 7.18. The van der Waals surface area contributed by atoms with E-state index in [4.69, 9.17) is 9.84 Å². The van der Waals surface area contributed by atoms with E-state index in [9.17, 15) is 4.79 Å². The minimum atomic E-state index is -0.0998. The number of hydrogen-bond acceptors (Lipinski definition) is 4. The Balaban J connectivity index is 1.55. The minimum Gasteiger partial charge on any atom is -0.379 e. The molecule has 1 N–H and O–H groups in total. The molecule has 1 aliphatic rings. The number of ether oxygens (including phenoxy) is 1. The van der Waals surface area contributed by atoms with E-state index in [1.54, 1.807) is 4.68 Å². The molecule has 1 aromatic heterocycles. The fourth-order valence-electron chi connectivity index (χ4n) is 3.74. The van der Waals surface area contributed by atoms with Crippen LogP contribution in [0.25, 0.3) is 16.9 Å². The van der Waals surface area contributed by atoms with Crippen LogP contribution in [0.2, 0.25) is 0 Å². The number of hydrogen-bond donors (Lipinski definition) is 1. The maximum atomic E-state index is 13.1. The van der Waals surface area contributed by atoms with Gasteiger partial charge in [-0.3, -0.25) is 9.69 Å². The largest absolute Gasteiger partial charge is 0.379 e. The van der Waals surface area contributed by atoms with E-state index in [2.05, 4.69) is 48.3 Å². The molecule has 2 aromatic carbocycles. The first-order valence-corrected chi connectivity index (χ1v) is 11.0. The Labute approximate surface area is 183 Å². The quantitative estimate of drug-likeness (QED) is 0.635. The van der Waals surface area contributed by atoms with Gasteiger partial charge >= 0.3 is 0 Å². The number of aromatic nitrogens is 2. The molecule has 0 saturated carbocycles. The Morgan fingerprint density at radius 2 is 1.77 bits per heavy atom. The van der Waals surface area contributed by atoms with Gasteiger partial charge in [0, 0.05) is 37.9 Å². The van der Waals surface area contributed by atoms with E-state index < -0.39 is 0 Å². The molecule has 1 saturated heterocycles. The van der Waals surface area contributed by atoms with Gasteiger partial charge in [0.05, 0.1) is 24.5 Å². The Hall–Kier alpha value is -2.96. The Kier molecular flexibility index (Phi) is 6.79. The SMILES string of the molecule is CC(C)c1ccc(-n2cc(C(=O)NCCN3CCOCC3)c(-c3ccccc3)n2)cc1. The van der Waals surface area contributed by atoms with Gasteiger partial charge in [0.25, 0.3) is 5.91 Å². The van der Waals surface area contributed by atoms with Gasteiger partial charge < -0.3 is 10.1 Å². The predicted molar refractivity (Wildman–Crippen MR) is 123 cm³/mol. The van der Waals surface area contributed by atoms with Gasteiger partial charge in [-0.2, -0.15) is 5.10 Å². The summed E-state index contributed by atoms with van der Waals surface area (Å²) in [5.41, 5.74) is 4.42. The third kappa shape index (κ3) is 5.21. The van der Waals surface area contributed by atoms with Crippen molar-refractivity contribution in [3.63, 3.8) is 0 Å². The van der Waals surface area contributed by atoms with Gasteiger partial charge in [-0.05, 0) is 23.6 Å². The van der Waals surface area contributed by atoms with E-state index in [0.29, 0.717) is 23.7 Å². The van der Waals surface area contributed by atoms with Crippen molar-refractivity contribution in [1.29, 1.82) is 0 Å². The molecule has 0 spiro atoms. The highest BCUT2D eigenvalue weighted by Gasteiger charge is 2.19. The maximum Gasteiger partial charge on any atom is 0.255 e. The normalized spacial score (nSPS) is 14.7. The fourth-order valence-corrected chi connectivity index (χ4v) is 3.74. The molecule has 0 radical (unpaired) electrons. The van der Waals surface area contributed by atoms with Gasteiger partial charge in [-0.15, -0.1) is 0 Å². The molecule has 1 aliphatic heterocycles. The van der Waals surface area contributed by atoms with Crippen molar-refractivity contribution in [3.8, 4) is 16.9 Å². The van der Waals surface area contributed by atoms with Gasteiger partial charge in [-0.1, -0.05) is 56.3 Å². The summed E-state index contributed by atoms with van der Waals surface area (Å²) in [6.45, 7) is 9.11. The van der Waals surface area contributed by atoms with Crippen molar-refractivity contribution in [1.82, 2.24) is 20.0 Å². The average molecular weight is 419 g/mol. The molecule has 6 nitrogen and oxygen atoms in total. The summed E-state index contributed by atoms with van der Waals surface area (Å²) in [5, 5.41) is 7.84. The van der Waals surface area contributed by atoms with Gasteiger partial charge in [0.2, 0.25) is 0 Å². The van der Waals surface area contributed by atoms with Crippen LogP contribution in [0.5, 0.6) is 0 Å². The first kappa shape index (κ1) is 21.3. The fraction of sp³-hybridized carbons (Fsp3) is 0.360. The van der Waals surface area contributed by atoms with Crippen molar-refractivity contribution in [2.75, 3.05) is 39.4 Å². The molecule has 1 fully saturated rings. The topological polar surface area (TPSA) is 59.4 Å². The van der Waals surface area contributed by atoms with Crippen molar-refractivity contribution < 1.29 is 9.53 Å². The van der Waals surface area contributed by atoms with Crippen molar-refractivity contribution in [2.24, 2.45) is 0 Å². The van der Waals surface area contributed by atoms with Crippen molar-refractivity contribution in [2.45, 2.75) is 19.8 Å².